The number of nitrogens with two attached hydrogens (primary N) is 1. The van der Waals surface area contributed by atoms with Gasteiger partial charge in [-0.05, 0) is 55.2 Å². The van der Waals surface area contributed by atoms with E-state index in [0.717, 1.165) is 5.69 Å². The Morgan fingerprint density at radius 2 is 1.86 bits per heavy atom. The highest BCUT2D eigenvalue weighted by Gasteiger charge is 2.28. The van der Waals surface area contributed by atoms with Crippen LogP contribution in [0.5, 0.6) is 0 Å². The van der Waals surface area contributed by atoms with Gasteiger partial charge in [0.25, 0.3) is 0 Å². The molecule has 3 nitrogen and oxygen atoms in total. The van der Waals surface area contributed by atoms with E-state index in [-0.39, 0.29) is 6.04 Å². The molecule has 1 aliphatic heterocycles. The van der Waals surface area contributed by atoms with Crippen molar-refractivity contribution in [3.8, 4) is 0 Å². The van der Waals surface area contributed by atoms with Crippen LogP contribution in [-0.4, -0.2) is 12.5 Å². The monoisotopic (exact) mass is 279 g/mol. The molecule has 3 heteroatoms. The van der Waals surface area contributed by atoms with E-state index >= 15 is 0 Å². The lowest BCUT2D eigenvalue weighted by Gasteiger charge is -2.27. The van der Waals surface area contributed by atoms with Crippen molar-refractivity contribution in [2.75, 3.05) is 11.4 Å². The van der Waals surface area contributed by atoms with Gasteiger partial charge in [0.05, 0.1) is 12.6 Å². The van der Waals surface area contributed by atoms with Crippen LogP contribution in [-0.2, 0) is 0 Å². The quantitative estimate of drug-likeness (QED) is 0.914. The molecule has 108 valence electrons. The second-order valence-corrected chi connectivity index (χ2v) is 5.77. The number of nitrogens with zero attached hydrogens (tertiary/aromatic N) is 2. The Hall–Kier alpha value is -2.29. The molecule has 3 rings (SSSR count). The predicted octanol–water partition coefficient (Wildman–Crippen LogP) is 3.49. The Balaban J connectivity index is 2.00. The van der Waals surface area contributed by atoms with Crippen molar-refractivity contribution >= 4 is 11.6 Å². The van der Waals surface area contributed by atoms with Gasteiger partial charge in [0.15, 0.2) is 5.96 Å². The fraction of sp³-hybridized carbons (Fsp3) is 0.278. The lowest BCUT2D eigenvalue weighted by atomic mass is 10.00. The first-order valence-corrected chi connectivity index (χ1v) is 7.29. The minimum atomic E-state index is 0.186. The third kappa shape index (κ3) is 2.51. The average molecular weight is 279 g/mol. The second-order valence-electron chi connectivity index (χ2n) is 5.77. The summed E-state index contributed by atoms with van der Waals surface area (Å²) >= 11 is 0. The summed E-state index contributed by atoms with van der Waals surface area (Å²) in [5.74, 6) is 0.601. The van der Waals surface area contributed by atoms with E-state index in [1.54, 1.807) is 0 Å². The van der Waals surface area contributed by atoms with Gasteiger partial charge in [-0.3, -0.25) is 4.99 Å². The predicted molar refractivity (Wildman–Crippen MR) is 88.8 cm³/mol. The molecular formula is C18H21N3. The Bertz CT molecular complexity index is 703. The average Bonchev–Trinajstić information content (AvgIpc) is 2.84. The van der Waals surface area contributed by atoms with Gasteiger partial charge in [-0.1, -0.05) is 30.3 Å². The number of aryl methyl sites for hydroxylation is 3. The summed E-state index contributed by atoms with van der Waals surface area (Å²) < 4.78 is 0. The van der Waals surface area contributed by atoms with Gasteiger partial charge in [-0.15, -0.1) is 0 Å². The lowest BCUT2D eigenvalue weighted by Crippen LogP contribution is -2.36. The molecule has 2 aromatic carbocycles. The summed E-state index contributed by atoms with van der Waals surface area (Å²) in [4.78, 5) is 6.59. The molecule has 0 bridgehead atoms. The normalized spacial score (nSPS) is 18.0. The Labute approximate surface area is 126 Å². The van der Waals surface area contributed by atoms with Crippen molar-refractivity contribution in [3.63, 3.8) is 0 Å². The van der Waals surface area contributed by atoms with Crippen LogP contribution in [0.25, 0.3) is 0 Å². The van der Waals surface area contributed by atoms with Gasteiger partial charge in [-0.25, -0.2) is 0 Å². The van der Waals surface area contributed by atoms with Crippen LogP contribution in [0.3, 0.4) is 0 Å². The van der Waals surface area contributed by atoms with Crippen LogP contribution in [0, 0.1) is 20.8 Å². The molecule has 1 aliphatic rings. The van der Waals surface area contributed by atoms with Crippen molar-refractivity contribution in [1.82, 2.24) is 0 Å². The third-order valence-electron chi connectivity index (χ3n) is 4.18. The van der Waals surface area contributed by atoms with E-state index < -0.39 is 0 Å². The highest BCUT2D eigenvalue weighted by Crippen LogP contribution is 2.32. The fourth-order valence-electron chi connectivity index (χ4n) is 2.81. The zero-order chi connectivity index (χ0) is 15.0. The molecule has 0 radical (unpaired) electrons. The lowest BCUT2D eigenvalue weighted by molar-refractivity contribution is 0.767. The Kier molecular flexibility index (Phi) is 3.42. The van der Waals surface area contributed by atoms with E-state index in [2.05, 4.69) is 73.1 Å². The maximum atomic E-state index is 6.13. The summed E-state index contributed by atoms with van der Waals surface area (Å²) in [7, 11) is 0. The van der Waals surface area contributed by atoms with Crippen LogP contribution >= 0.6 is 0 Å². The summed E-state index contributed by atoms with van der Waals surface area (Å²) in [6, 6.07) is 15.2. The number of benzene rings is 2. The molecule has 0 aliphatic carbocycles. The van der Waals surface area contributed by atoms with Gasteiger partial charge < -0.3 is 10.6 Å². The number of hydrogen-bond acceptors (Lipinski definition) is 3. The van der Waals surface area contributed by atoms with Gasteiger partial charge in [0.2, 0.25) is 0 Å². The molecule has 0 fully saturated rings. The summed E-state index contributed by atoms with van der Waals surface area (Å²) in [5, 5.41) is 0. The molecular weight excluding hydrogens is 258 g/mol. The molecule has 21 heavy (non-hydrogen) atoms. The molecule has 0 amide bonds. The first kappa shape index (κ1) is 13.7. The molecule has 2 N–H and O–H groups in total. The molecule has 0 saturated carbocycles. The number of anilines is 1. The van der Waals surface area contributed by atoms with E-state index in [1.807, 2.05) is 0 Å². The van der Waals surface area contributed by atoms with E-state index in [1.165, 1.54) is 22.3 Å². The molecule has 1 atom stereocenters. The summed E-state index contributed by atoms with van der Waals surface area (Å²) in [5.41, 5.74) is 12.4. The maximum absolute atomic E-state index is 6.13. The zero-order valence-electron chi connectivity index (χ0n) is 12.8. The maximum Gasteiger partial charge on any atom is 0.196 e. The minimum absolute atomic E-state index is 0.186. The summed E-state index contributed by atoms with van der Waals surface area (Å²) in [6.07, 6.45) is 0. The smallest absolute Gasteiger partial charge is 0.196 e. The highest BCUT2D eigenvalue weighted by atomic mass is 15.3. The van der Waals surface area contributed by atoms with Crippen LogP contribution < -0.4 is 10.6 Å². The second kappa shape index (κ2) is 5.24. The fourth-order valence-corrected chi connectivity index (χ4v) is 2.81. The standard InChI is InChI=1S/C18H21N3/c1-12-5-4-6-16(9-12)21-17(11-20-18(21)19)15-8-7-13(2)14(3)10-15/h4-10,17H,11H2,1-3H3,(H2,19,20). The SMILES string of the molecule is Cc1cccc(N2C(N)=NCC2c2ccc(C)c(C)c2)c1. The molecule has 1 heterocycles. The molecule has 0 saturated heterocycles. The van der Waals surface area contributed by atoms with Crippen LogP contribution in [0.1, 0.15) is 28.3 Å². The van der Waals surface area contributed by atoms with E-state index in [9.17, 15) is 0 Å². The largest absolute Gasteiger partial charge is 0.369 e. The number of aliphatic imine (C=N–C) groups is 1. The Morgan fingerprint density at radius 3 is 2.57 bits per heavy atom. The van der Waals surface area contributed by atoms with Gasteiger partial charge in [0, 0.05) is 5.69 Å². The first-order chi connectivity index (χ1) is 10.1. The topological polar surface area (TPSA) is 41.6 Å². The van der Waals surface area contributed by atoms with Crippen molar-refractivity contribution in [1.29, 1.82) is 0 Å². The van der Waals surface area contributed by atoms with Gasteiger partial charge in [-0.2, -0.15) is 0 Å². The van der Waals surface area contributed by atoms with Crippen molar-refractivity contribution in [3.05, 3.63) is 64.7 Å². The van der Waals surface area contributed by atoms with Crippen LogP contribution in [0.2, 0.25) is 0 Å². The number of hydrogen-bond donors (Lipinski definition) is 1. The Morgan fingerprint density at radius 1 is 1.05 bits per heavy atom. The summed E-state index contributed by atoms with van der Waals surface area (Å²) in [6.45, 7) is 7.09. The van der Waals surface area contributed by atoms with Crippen molar-refractivity contribution < 1.29 is 0 Å². The van der Waals surface area contributed by atoms with E-state index in [4.69, 9.17) is 5.73 Å². The van der Waals surface area contributed by atoms with Crippen LogP contribution in [0.4, 0.5) is 5.69 Å². The van der Waals surface area contributed by atoms with Gasteiger partial charge >= 0.3 is 0 Å². The minimum Gasteiger partial charge on any atom is -0.369 e. The zero-order valence-corrected chi connectivity index (χ0v) is 12.8. The first-order valence-electron chi connectivity index (χ1n) is 7.29. The van der Waals surface area contributed by atoms with E-state index in [0.29, 0.717) is 12.5 Å². The van der Waals surface area contributed by atoms with Gasteiger partial charge in [0.1, 0.15) is 0 Å². The third-order valence-corrected chi connectivity index (χ3v) is 4.18. The molecule has 1 unspecified atom stereocenters. The molecule has 2 aromatic rings. The van der Waals surface area contributed by atoms with Crippen molar-refractivity contribution in [2.24, 2.45) is 10.7 Å². The number of rotatable bonds is 2. The van der Waals surface area contributed by atoms with Crippen molar-refractivity contribution in [2.45, 2.75) is 26.8 Å². The molecule has 0 aromatic heterocycles. The van der Waals surface area contributed by atoms with Crippen LogP contribution in [0.15, 0.2) is 47.5 Å². The number of guanidine groups is 1. The highest BCUT2D eigenvalue weighted by molar-refractivity contribution is 5.97. The molecule has 0 spiro atoms.